The van der Waals surface area contributed by atoms with Crippen molar-refractivity contribution in [1.82, 2.24) is 10.2 Å². The van der Waals surface area contributed by atoms with E-state index >= 15 is 0 Å². The van der Waals surface area contributed by atoms with E-state index in [1.165, 1.54) is 16.3 Å². The molecule has 2 atom stereocenters. The van der Waals surface area contributed by atoms with Crippen molar-refractivity contribution in [3.63, 3.8) is 0 Å². The summed E-state index contributed by atoms with van der Waals surface area (Å²) in [7, 11) is 1.90. The Morgan fingerprint density at radius 3 is 2.77 bits per heavy atom. The van der Waals surface area contributed by atoms with E-state index in [2.05, 4.69) is 42.6 Å². The molecule has 1 fully saturated rings. The number of likely N-dealkylation sites (N-methyl/N-ethyl adjacent to an activating group) is 1. The van der Waals surface area contributed by atoms with Gasteiger partial charge >= 0.3 is 0 Å². The topological polar surface area (TPSA) is 32.3 Å². The molecule has 3 nitrogen and oxygen atoms in total. The van der Waals surface area contributed by atoms with Crippen LogP contribution in [0.1, 0.15) is 25.3 Å². The fourth-order valence-corrected chi connectivity index (χ4v) is 3.25. The van der Waals surface area contributed by atoms with Crippen LogP contribution in [0.2, 0.25) is 0 Å². The second kappa shape index (κ2) is 6.49. The zero-order valence-corrected chi connectivity index (χ0v) is 13.4. The first-order valence-corrected chi connectivity index (χ1v) is 8.09. The zero-order valence-electron chi connectivity index (χ0n) is 13.4. The SMILES string of the molecule is CC1CCNC(C(=O)N(C)Cc2ccc3ccccc3c2)C1. The summed E-state index contributed by atoms with van der Waals surface area (Å²) < 4.78 is 0. The molecule has 2 aromatic carbocycles. The Morgan fingerprint density at radius 1 is 1.23 bits per heavy atom. The van der Waals surface area contributed by atoms with Gasteiger partial charge in [0.2, 0.25) is 5.91 Å². The van der Waals surface area contributed by atoms with E-state index in [4.69, 9.17) is 0 Å². The van der Waals surface area contributed by atoms with Crippen molar-refractivity contribution in [2.75, 3.05) is 13.6 Å². The summed E-state index contributed by atoms with van der Waals surface area (Å²) in [5.74, 6) is 0.837. The summed E-state index contributed by atoms with van der Waals surface area (Å²) in [6.07, 6.45) is 2.11. The van der Waals surface area contributed by atoms with Crippen LogP contribution in [-0.2, 0) is 11.3 Å². The van der Waals surface area contributed by atoms with Gasteiger partial charge < -0.3 is 10.2 Å². The van der Waals surface area contributed by atoms with Crippen LogP contribution < -0.4 is 5.32 Å². The van der Waals surface area contributed by atoms with E-state index in [1.807, 2.05) is 24.1 Å². The molecule has 0 spiro atoms. The molecule has 1 heterocycles. The molecule has 3 rings (SSSR count). The summed E-state index contributed by atoms with van der Waals surface area (Å²) in [6.45, 7) is 3.84. The number of rotatable bonds is 3. The van der Waals surface area contributed by atoms with Gasteiger partial charge in [-0.25, -0.2) is 0 Å². The van der Waals surface area contributed by atoms with Crippen LogP contribution in [0.25, 0.3) is 10.8 Å². The van der Waals surface area contributed by atoms with E-state index in [0.717, 1.165) is 19.4 Å². The van der Waals surface area contributed by atoms with E-state index < -0.39 is 0 Å². The lowest BCUT2D eigenvalue weighted by Crippen LogP contribution is -2.48. The molecule has 22 heavy (non-hydrogen) atoms. The van der Waals surface area contributed by atoms with Crippen LogP contribution in [0.15, 0.2) is 42.5 Å². The molecule has 1 aliphatic rings. The molecule has 0 saturated carbocycles. The Bertz CT molecular complexity index is 667. The normalized spacial score (nSPS) is 21.7. The highest BCUT2D eigenvalue weighted by Crippen LogP contribution is 2.19. The molecule has 1 amide bonds. The number of nitrogens with one attached hydrogen (secondary N) is 1. The van der Waals surface area contributed by atoms with Gasteiger partial charge in [0.05, 0.1) is 6.04 Å². The second-order valence-corrected chi connectivity index (χ2v) is 6.51. The Labute approximate surface area is 132 Å². The first-order valence-electron chi connectivity index (χ1n) is 8.09. The summed E-state index contributed by atoms with van der Waals surface area (Å²) in [4.78, 5) is 14.4. The van der Waals surface area contributed by atoms with Crippen molar-refractivity contribution in [3.8, 4) is 0 Å². The van der Waals surface area contributed by atoms with Crippen LogP contribution in [0.5, 0.6) is 0 Å². The fourth-order valence-electron chi connectivity index (χ4n) is 3.25. The predicted octanol–water partition coefficient (Wildman–Crippen LogP) is 3.19. The quantitative estimate of drug-likeness (QED) is 0.943. The van der Waals surface area contributed by atoms with Gasteiger partial charge in [-0.1, -0.05) is 43.3 Å². The van der Waals surface area contributed by atoms with Gasteiger partial charge in [-0.3, -0.25) is 4.79 Å². The third kappa shape index (κ3) is 3.30. The maximum absolute atomic E-state index is 12.6. The van der Waals surface area contributed by atoms with Crippen molar-refractivity contribution >= 4 is 16.7 Å². The largest absolute Gasteiger partial charge is 0.340 e. The minimum Gasteiger partial charge on any atom is -0.340 e. The molecule has 1 saturated heterocycles. The van der Waals surface area contributed by atoms with Gasteiger partial charge in [-0.15, -0.1) is 0 Å². The predicted molar refractivity (Wildman–Crippen MR) is 90.6 cm³/mol. The van der Waals surface area contributed by atoms with Crippen molar-refractivity contribution < 1.29 is 4.79 Å². The smallest absolute Gasteiger partial charge is 0.239 e. The highest BCUT2D eigenvalue weighted by Gasteiger charge is 2.26. The Morgan fingerprint density at radius 2 is 2.00 bits per heavy atom. The van der Waals surface area contributed by atoms with Gasteiger partial charge in [0.1, 0.15) is 0 Å². The third-order valence-electron chi connectivity index (χ3n) is 4.57. The summed E-state index contributed by atoms with van der Waals surface area (Å²) in [5, 5.41) is 5.82. The Kier molecular flexibility index (Phi) is 4.44. The van der Waals surface area contributed by atoms with E-state index in [-0.39, 0.29) is 11.9 Å². The molecule has 2 aromatic rings. The van der Waals surface area contributed by atoms with Crippen LogP contribution >= 0.6 is 0 Å². The number of fused-ring (bicyclic) bond motifs is 1. The molecule has 0 radical (unpaired) electrons. The first-order chi connectivity index (χ1) is 10.6. The number of carbonyl (C=O) groups is 1. The summed E-state index contributed by atoms with van der Waals surface area (Å²) in [6, 6.07) is 14.7. The lowest BCUT2D eigenvalue weighted by molar-refractivity contribution is -0.133. The molecule has 1 N–H and O–H groups in total. The zero-order chi connectivity index (χ0) is 15.5. The lowest BCUT2D eigenvalue weighted by atomic mass is 9.93. The number of carbonyl (C=O) groups excluding carboxylic acids is 1. The average Bonchev–Trinajstić information content (AvgIpc) is 2.54. The number of piperidine rings is 1. The molecular weight excluding hydrogens is 272 g/mol. The van der Waals surface area contributed by atoms with Gasteiger partial charge in [0.25, 0.3) is 0 Å². The number of benzene rings is 2. The van der Waals surface area contributed by atoms with Gasteiger partial charge in [0.15, 0.2) is 0 Å². The number of hydrogen-bond donors (Lipinski definition) is 1. The van der Waals surface area contributed by atoms with Crippen LogP contribution in [-0.4, -0.2) is 30.4 Å². The highest BCUT2D eigenvalue weighted by molar-refractivity contribution is 5.84. The molecule has 2 unspecified atom stereocenters. The molecule has 3 heteroatoms. The van der Waals surface area contributed by atoms with E-state index in [1.54, 1.807) is 0 Å². The summed E-state index contributed by atoms with van der Waals surface area (Å²) in [5.41, 5.74) is 1.18. The fraction of sp³-hybridized carbons (Fsp3) is 0.421. The van der Waals surface area contributed by atoms with Crippen LogP contribution in [0.4, 0.5) is 0 Å². The monoisotopic (exact) mass is 296 g/mol. The van der Waals surface area contributed by atoms with Gasteiger partial charge in [-0.05, 0) is 47.7 Å². The average molecular weight is 296 g/mol. The molecule has 0 bridgehead atoms. The van der Waals surface area contributed by atoms with E-state index in [0.29, 0.717) is 12.5 Å². The maximum Gasteiger partial charge on any atom is 0.239 e. The van der Waals surface area contributed by atoms with Crippen molar-refractivity contribution in [2.24, 2.45) is 5.92 Å². The van der Waals surface area contributed by atoms with Crippen LogP contribution in [0.3, 0.4) is 0 Å². The standard InChI is InChI=1S/C19H24N2O/c1-14-9-10-20-18(11-14)19(22)21(2)13-15-7-8-16-5-3-4-6-17(16)12-15/h3-8,12,14,18,20H,9-11,13H2,1-2H3. The third-order valence-corrected chi connectivity index (χ3v) is 4.57. The Hall–Kier alpha value is -1.87. The molecule has 0 aliphatic carbocycles. The molecule has 0 aromatic heterocycles. The molecule has 116 valence electrons. The number of nitrogens with zero attached hydrogens (tertiary/aromatic N) is 1. The number of amides is 1. The Balaban J connectivity index is 1.69. The number of hydrogen-bond acceptors (Lipinski definition) is 2. The first kappa shape index (κ1) is 15.0. The van der Waals surface area contributed by atoms with Gasteiger partial charge in [0, 0.05) is 13.6 Å². The highest BCUT2D eigenvalue weighted by atomic mass is 16.2. The van der Waals surface area contributed by atoms with E-state index in [9.17, 15) is 4.79 Å². The second-order valence-electron chi connectivity index (χ2n) is 6.51. The molecular formula is C19H24N2O. The van der Waals surface area contributed by atoms with Crippen molar-refractivity contribution in [2.45, 2.75) is 32.4 Å². The molecule has 1 aliphatic heterocycles. The van der Waals surface area contributed by atoms with Gasteiger partial charge in [-0.2, -0.15) is 0 Å². The van der Waals surface area contributed by atoms with Crippen molar-refractivity contribution in [3.05, 3.63) is 48.0 Å². The maximum atomic E-state index is 12.6. The minimum absolute atomic E-state index is 0.0193. The summed E-state index contributed by atoms with van der Waals surface area (Å²) >= 11 is 0. The minimum atomic E-state index is -0.0193. The lowest BCUT2D eigenvalue weighted by Gasteiger charge is -2.30. The van der Waals surface area contributed by atoms with Crippen molar-refractivity contribution in [1.29, 1.82) is 0 Å². The van der Waals surface area contributed by atoms with Crippen LogP contribution in [0, 0.1) is 5.92 Å².